The van der Waals surface area contributed by atoms with E-state index in [9.17, 15) is 0 Å². The molecule has 3 aromatic rings. The molecule has 3 rings (SSSR count). The first-order valence-electron chi connectivity index (χ1n) is 6.73. The Morgan fingerprint density at radius 1 is 1.30 bits per heavy atom. The van der Waals surface area contributed by atoms with Crippen LogP contribution >= 0.6 is 11.8 Å². The average molecular weight is 324 g/mol. The highest BCUT2D eigenvalue weighted by atomic mass is 32.2. The van der Waals surface area contributed by atoms with E-state index < -0.39 is 0 Å². The molecule has 0 aliphatic heterocycles. The molecule has 0 saturated heterocycles. The van der Waals surface area contributed by atoms with Crippen LogP contribution in [0.3, 0.4) is 0 Å². The van der Waals surface area contributed by atoms with Gasteiger partial charge >= 0.3 is 0 Å². The highest BCUT2D eigenvalue weighted by molar-refractivity contribution is 7.99. The number of hydrogen-bond donors (Lipinski definition) is 0. The van der Waals surface area contributed by atoms with Crippen molar-refractivity contribution in [3.63, 3.8) is 0 Å². The maximum Gasteiger partial charge on any atom is 0.198 e. The van der Waals surface area contributed by atoms with Gasteiger partial charge in [-0.05, 0) is 36.9 Å². The largest absolute Gasteiger partial charge is 0.469 e. The van der Waals surface area contributed by atoms with Crippen molar-refractivity contribution in [1.29, 1.82) is 5.26 Å². The van der Waals surface area contributed by atoms with E-state index in [2.05, 4.69) is 27.0 Å². The Balaban J connectivity index is 1.96. The van der Waals surface area contributed by atoms with E-state index in [4.69, 9.17) is 9.68 Å². The van der Waals surface area contributed by atoms with E-state index in [1.54, 1.807) is 24.5 Å². The van der Waals surface area contributed by atoms with Gasteiger partial charge < -0.3 is 4.42 Å². The van der Waals surface area contributed by atoms with Gasteiger partial charge in [0.05, 0.1) is 11.8 Å². The zero-order valence-electron chi connectivity index (χ0n) is 12.3. The summed E-state index contributed by atoms with van der Waals surface area (Å²) in [7, 11) is 0. The minimum atomic E-state index is 0.275. The van der Waals surface area contributed by atoms with Crippen LogP contribution in [0.1, 0.15) is 11.5 Å². The second-order valence-corrected chi connectivity index (χ2v) is 5.55. The summed E-state index contributed by atoms with van der Waals surface area (Å²) >= 11 is 1.33. The predicted octanol–water partition coefficient (Wildman–Crippen LogP) is 2.85. The molecule has 0 amide bonds. The van der Waals surface area contributed by atoms with E-state index >= 15 is 0 Å². The van der Waals surface area contributed by atoms with Gasteiger partial charge in [-0.15, -0.1) is 27.0 Å². The Labute approximate surface area is 136 Å². The molecule has 8 heteroatoms. The van der Waals surface area contributed by atoms with Crippen LogP contribution in [0.5, 0.6) is 0 Å². The minimum absolute atomic E-state index is 0.275. The predicted molar refractivity (Wildman–Crippen MR) is 83.5 cm³/mol. The van der Waals surface area contributed by atoms with Crippen molar-refractivity contribution in [3.05, 3.63) is 48.6 Å². The van der Waals surface area contributed by atoms with Crippen LogP contribution in [0.2, 0.25) is 0 Å². The Bertz CT molecular complexity index is 874. The number of rotatable bonds is 5. The highest BCUT2D eigenvalue weighted by Gasteiger charge is 2.17. The van der Waals surface area contributed by atoms with Crippen LogP contribution in [0.25, 0.3) is 11.4 Å². The number of allylic oxidation sites excluding steroid dienone is 1. The quantitative estimate of drug-likeness (QED) is 0.666. The third-order valence-electron chi connectivity index (χ3n) is 3.08. The van der Waals surface area contributed by atoms with Gasteiger partial charge in [-0.2, -0.15) is 5.26 Å². The van der Waals surface area contributed by atoms with Gasteiger partial charge in [0, 0.05) is 6.54 Å². The smallest absolute Gasteiger partial charge is 0.198 e. The van der Waals surface area contributed by atoms with Gasteiger partial charge in [-0.25, -0.2) is 0 Å². The normalized spacial score (nSPS) is 10.4. The molecule has 0 radical (unpaired) electrons. The van der Waals surface area contributed by atoms with Crippen molar-refractivity contribution in [2.45, 2.75) is 23.7 Å². The summed E-state index contributed by atoms with van der Waals surface area (Å²) in [6.45, 7) is 6.21. The van der Waals surface area contributed by atoms with E-state index in [0.717, 1.165) is 11.3 Å². The molecule has 0 saturated carbocycles. The van der Waals surface area contributed by atoms with Crippen LogP contribution in [-0.2, 0) is 6.54 Å². The van der Waals surface area contributed by atoms with Crippen LogP contribution in [0, 0.1) is 18.3 Å². The fraction of sp³-hybridized carbons (Fsp3) is 0.133. The summed E-state index contributed by atoms with van der Waals surface area (Å²) in [5.74, 6) is 1.48. The maximum absolute atomic E-state index is 8.76. The van der Waals surface area contributed by atoms with Crippen molar-refractivity contribution in [1.82, 2.24) is 25.0 Å². The van der Waals surface area contributed by atoms with Crippen molar-refractivity contribution in [2.24, 2.45) is 0 Å². The molecule has 114 valence electrons. The fourth-order valence-electron chi connectivity index (χ4n) is 2.00. The van der Waals surface area contributed by atoms with Crippen LogP contribution in [0.4, 0.5) is 0 Å². The van der Waals surface area contributed by atoms with E-state index in [-0.39, 0.29) is 5.69 Å². The summed E-state index contributed by atoms with van der Waals surface area (Å²) in [6.07, 6.45) is 3.40. The summed E-state index contributed by atoms with van der Waals surface area (Å²) in [5, 5.41) is 26.4. The first-order valence-corrected chi connectivity index (χ1v) is 7.55. The minimum Gasteiger partial charge on any atom is -0.469 e. The number of furan rings is 1. The van der Waals surface area contributed by atoms with Crippen molar-refractivity contribution >= 4 is 11.8 Å². The number of aromatic nitrogens is 5. The molecule has 3 aromatic heterocycles. The second kappa shape index (κ2) is 6.46. The van der Waals surface area contributed by atoms with Crippen molar-refractivity contribution in [3.8, 4) is 17.5 Å². The molecule has 0 bridgehead atoms. The second-order valence-electron chi connectivity index (χ2n) is 4.57. The lowest BCUT2D eigenvalue weighted by molar-refractivity contribution is 0.534. The summed E-state index contributed by atoms with van der Waals surface area (Å²) in [4.78, 5) is 0. The summed E-state index contributed by atoms with van der Waals surface area (Å²) in [5.41, 5.74) is 1.16. The zero-order valence-corrected chi connectivity index (χ0v) is 13.1. The van der Waals surface area contributed by atoms with E-state index in [1.807, 2.05) is 23.6 Å². The lowest BCUT2D eigenvalue weighted by Crippen LogP contribution is -2.01. The molecule has 0 aromatic carbocycles. The number of nitriles is 1. The van der Waals surface area contributed by atoms with Crippen molar-refractivity contribution < 1.29 is 4.42 Å². The van der Waals surface area contributed by atoms with Gasteiger partial charge in [0.2, 0.25) is 0 Å². The first kappa shape index (κ1) is 15.0. The third-order valence-corrected chi connectivity index (χ3v) is 3.99. The monoisotopic (exact) mass is 324 g/mol. The maximum atomic E-state index is 8.76. The van der Waals surface area contributed by atoms with Gasteiger partial charge in [-0.3, -0.25) is 4.57 Å². The highest BCUT2D eigenvalue weighted by Crippen LogP contribution is 2.29. The Kier molecular flexibility index (Phi) is 4.21. The fourth-order valence-corrected chi connectivity index (χ4v) is 2.76. The van der Waals surface area contributed by atoms with E-state index in [1.165, 1.54) is 11.8 Å². The number of aryl methyl sites for hydroxylation is 1. The number of nitrogens with zero attached hydrogens (tertiary/aromatic N) is 6. The van der Waals surface area contributed by atoms with Gasteiger partial charge in [0.1, 0.15) is 16.9 Å². The zero-order chi connectivity index (χ0) is 16.2. The Hall–Kier alpha value is -2.92. The molecule has 23 heavy (non-hydrogen) atoms. The molecular weight excluding hydrogens is 312 g/mol. The van der Waals surface area contributed by atoms with Gasteiger partial charge in [-0.1, -0.05) is 6.08 Å². The summed E-state index contributed by atoms with van der Waals surface area (Å²) < 4.78 is 7.26. The molecule has 0 atom stereocenters. The van der Waals surface area contributed by atoms with Crippen molar-refractivity contribution in [2.75, 3.05) is 0 Å². The van der Waals surface area contributed by atoms with Crippen LogP contribution in [-0.4, -0.2) is 25.0 Å². The summed E-state index contributed by atoms with van der Waals surface area (Å²) in [6, 6.07) is 7.14. The lowest BCUT2D eigenvalue weighted by Gasteiger charge is -2.06. The molecule has 0 aliphatic carbocycles. The topological polar surface area (TPSA) is 93.4 Å². The molecule has 0 fully saturated rings. The molecule has 3 heterocycles. The third kappa shape index (κ3) is 3.00. The molecular formula is C15H12N6OS. The van der Waals surface area contributed by atoms with Crippen LogP contribution in [0.15, 0.2) is 51.7 Å². The molecule has 0 unspecified atom stereocenters. The first-order chi connectivity index (χ1) is 11.2. The SMILES string of the molecule is C=CCn1c(Sc2ccc(C#N)nn2)nnc1-c1ccoc1C. The average Bonchev–Trinajstić information content (AvgIpc) is 3.15. The standard InChI is InChI=1S/C15H12N6OS/c1-3-7-21-14(12-6-8-22-10(12)2)19-20-15(21)23-13-5-4-11(9-16)17-18-13/h3-6,8H,1,7H2,2H3. The van der Waals surface area contributed by atoms with Gasteiger partial charge in [0.15, 0.2) is 16.7 Å². The molecule has 0 N–H and O–H groups in total. The van der Waals surface area contributed by atoms with E-state index in [0.29, 0.717) is 22.6 Å². The van der Waals surface area contributed by atoms with Gasteiger partial charge in [0.25, 0.3) is 0 Å². The molecule has 0 aliphatic rings. The Morgan fingerprint density at radius 2 is 2.17 bits per heavy atom. The van der Waals surface area contributed by atoms with Crippen LogP contribution < -0.4 is 0 Å². The number of hydrogen-bond acceptors (Lipinski definition) is 7. The lowest BCUT2D eigenvalue weighted by atomic mass is 10.2. The Morgan fingerprint density at radius 3 is 2.78 bits per heavy atom. The molecule has 7 nitrogen and oxygen atoms in total. The molecule has 0 spiro atoms.